The van der Waals surface area contributed by atoms with E-state index in [1.165, 1.54) is 38.2 Å². The van der Waals surface area contributed by atoms with Gasteiger partial charge in [-0.05, 0) is 102 Å². The first-order valence-electron chi connectivity index (χ1n) is 18.3. The first-order valence-corrected chi connectivity index (χ1v) is 18.3. The molecule has 0 aliphatic heterocycles. The number of aromatic nitrogens is 5. The SMILES string of the molecule is Cc1ccc(-n2c(-c3cccc4c3[nH]c3ccccc34)nc3c(-c4ccc5c6cc(C(C)(C)C)ccc6n(-c6ccccn6)c5c4)cccc32)cc1C. The van der Waals surface area contributed by atoms with E-state index in [0.29, 0.717) is 0 Å². The Kier molecular flexibility index (Phi) is 6.80. The van der Waals surface area contributed by atoms with Crippen LogP contribution >= 0.6 is 0 Å². The lowest BCUT2D eigenvalue weighted by Crippen LogP contribution is -2.10. The van der Waals surface area contributed by atoms with Gasteiger partial charge in [0.05, 0.1) is 27.6 Å². The topological polar surface area (TPSA) is 51.4 Å². The van der Waals surface area contributed by atoms with Crippen molar-refractivity contribution < 1.29 is 0 Å². The minimum atomic E-state index is 0.0346. The van der Waals surface area contributed by atoms with E-state index in [9.17, 15) is 0 Å². The van der Waals surface area contributed by atoms with Crippen molar-refractivity contribution in [1.29, 1.82) is 0 Å². The highest BCUT2D eigenvalue weighted by Gasteiger charge is 2.23. The van der Waals surface area contributed by atoms with Gasteiger partial charge in [-0.1, -0.05) is 93.6 Å². The maximum Gasteiger partial charge on any atom is 0.147 e. The summed E-state index contributed by atoms with van der Waals surface area (Å²) < 4.78 is 4.64. The second-order valence-electron chi connectivity index (χ2n) is 15.3. The number of hydrogen-bond acceptors (Lipinski definition) is 2. The van der Waals surface area contributed by atoms with Gasteiger partial charge < -0.3 is 4.98 Å². The second kappa shape index (κ2) is 11.5. The number of aromatic amines is 1. The zero-order valence-electron chi connectivity index (χ0n) is 30.6. The van der Waals surface area contributed by atoms with Crippen LogP contribution in [-0.4, -0.2) is 24.1 Å². The molecule has 10 rings (SSSR count). The molecule has 0 bridgehead atoms. The summed E-state index contributed by atoms with van der Waals surface area (Å²) in [6, 6.07) is 48.2. The number of imidazole rings is 1. The lowest BCUT2D eigenvalue weighted by Gasteiger charge is -2.19. The highest BCUT2D eigenvalue weighted by Crippen LogP contribution is 2.41. The van der Waals surface area contributed by atoms with Gasteiger partial charge in [0.25, 0.3) is 0 Å². The van der Waals surface area contributed by atoms with E-state index in [1.54, 1.807) is 0 Å². The fraction of sp³-hybridized carbons (Fsp3) is 0.125. The molecule has 0 unspecified atom stereocenters. The predicted molar refractivity (Wildman–Crippen MR) is 222 cm³/mol. The minimum absolute atomic E-state index is 0.0346. The van der Waals surface area contributed by atoms with Crippen LogP contribution in [-0.2, 0) is 5.41 Å². The Morgan fingerprint density at radius 1 is 0.566 bits per heavy atom. The minimum Gasteiger partial charge on any atom is -0.354 e. The molecule has 0 saturated heterocycles. The van der Waals surface area contributed by atoms with Gasteiger partial charge in [-0.25, -0.2) is 9.97 Å². The molecule has 4 heterocycles. The summed E-state index contributed by atoms with van der Waals surface area (Å²) >= 11 is 0. The Morgan fingerprint density at radius 3 is 2.21 bits per heavy atom. The van der Waals surface area contributed by atoms with Crippen LogP contribution in [0, 0.1) is 13.8 Å². The number of nitrogens with one attached hydrogen (secondary N) is 1. The highest BCUT2D eigenvalue weighted by molar-refractivity contribution is 6.13. The lowest BCUT2D eigenvalue weighted by atomic mass is 9.86. The number of aryl methyl sites for hydroxylation is 2. The van der Waals surface area contributed by atoms with E-state index in [4.69, 9.17) is 9.97 Å². The number of H-pyrrole nitrogens is 1. The quantitative estimate of drug-likeness (QED) is 0.200. The summed E-state index contributed by atoms with van der Waals surface area (Å²) in [5, 5.41) is 4.85. The number of fused-ring (bicyclic) bond motifs is 7. The largest absolute Gasteiger partial charge is 0.354 e. The van der Waals surface area contributed by atoms with Gasteiger partial charge in [0, 0.05) is 50.1 Å². The fourth-order valence-electron chi connectivity index (χ4n) is 8.09. The van der Waals surface area contributed by atoms with Gasteiger partial charge in [-0.2, -0.15) is 0 Å². The fourth-order valence-corrected chi connectivity index (χ4v) is 8.09. The van der Waals surface area contributed by atoms with Gasteiger partial charge in [-0.15, -0.1) is 0 Å². The molecule has 4 aromatic heterocycles. The average Bonchev–Trinajstić information content (AvgIpc) is 3.85. The predicted octanol–water partition coefficient (Wildman–Crippen LogP) is 12.4. The van der Waals surface area contributed by atoms with Gasteiger partial charge in [0.1, 0.15) is 11.6 Å². The molecule has 10 aromatic rings. The smallest absolute Gasteiger partial charge is 0.147 e. The van der Waals surface area contributed by atoms with E-state index in [-0.39, 0.29) is 5.41 Å². The Bertz CT molecular complexity index is 3060. The van der Waals surface area contributed by atoms with Gasteiger partial charge >= 0.3 is 0 Å². The maximum atomic E-state index is 5.57. The average molecular weight is 686 g/mol. The molecule has 0 atom stereocenters. The van der Waals surface area contributed by atoms with Crippen LogP contribution in [0.25, 0.3) is 88.7 Å². The third kappa shape index (κ3) is 4.84. The van der Waals surface area contributed by atoms with Crippen LogP contribution in [0.3, 0.4) is 0 Å². The van der Waals surface area contributed by atoms with Crippen molar-refractivity contribution >= 4 is 54.6 Å². The molecule has 5 nitrogen and oxygen atoms in total. The summed E-state index contributed by atoms with van der Waals surface area (Å²) in [5.41, 5.74) is 14.7. The van der Waals surface area contributed by atoms with E-state index < -0.39 is 0 Å². The third-order valence-corrected chi connectivity index (χ3v) is 11.0. The number of nitrogens with zero attached hydrogens (tertiary/aromatic N) is 4. The molecule has 0 amide bonds. The third-order valence-electron chi connectivity index (χ3n) is 11.0. The van der Waals surface area contributed by atoms with Gasteiger partial charge in [0.2, 0.25) is 0 Å². The molecule has 0 spiro atoms. The molecule has 0 aliphatic carbocycles. The molecular weight excluding hydrogens is 647 g/mol. The van der Waals surface area contributed by atoms with Crippen LogP contribution in [0.15, 0.2) is 140 Å². The summed E-state index contributed by atoms with van der Waals surface area (Å²) in [6.45, 7) is 11.2. The zero-order chi connectivity index (χ0) is 36.0. The molecule has 0 aliphatic rings. The van der Waals surface area contributed by atoms with Crippen LogP contribution in [0.2, 0.25) is 0 Å². The van der Waals surface area contributed by atoms with Crippen molar-refractivity contribution in [2.45, 2.75) is 40.0 Å². The summed E-state index contributed by atoms with van der Waals surface area (Å²) in [7, 11) is 0. The molecule has 256 valence electrons. The molecule has 6 aromatic carbocycles. The first-order chi connectivity index (χ1) is 25.7. The van der Waals surface area contributed by atoms with Crippen molar-refractivity contribution in [2.75, 3.05) is 0 Å². The summed E-state index contributed by atoms with van der Waals surface area (Å²) in [5.74, 6) is 1.81. The Balaban J connectivity index is 1.26. The molecule has 0 saturated carbocycles. The molecule has 0 fully saturated rings. The second-order valence-corrected chi connectivity index (χ2v) is 15.3. The van der Waals surface area contributed by atoms with Crippen molar-refractivity contribution in [2.24, 2.45) is 0 Å². The maximum absolute atomic E-state index is 5.57. The standard InChI is InChI=1S/C48H39N5/c1-29-19-22-33(26-30(29)2)52-42-17-11-13-34(46(42)51-47(52)38-15-10-14-37-35-12-6-7-16-40(35)50-45(37)38)31-20-23-36-39-28-32(48(3,4)5)21-24-41(39)53(43(36)27-31)44-18-8-9-25-49-44/h6-28,50H,1-5H3. The molecule has 1 N–H and O–H groups in total. The monoisotopic (exact) mass is 685 g/mol. The number of rotatable bonds is 4. The number of pyridine rings is 1. The van der Waals surface area contributed by atoms with Crippen molar-refractivity contribution in [3.63, 3.8) is 0 Å². The molecular formula is C48H39N5. The van der Waals surface area contributed by atoms with E-state index in [0.717, 1.165) is 67.1 Å². The number of benzene rings is 6. The van der Waals surface area contributed by atoms with Crippen LogP contribution in [0.4, 0.5) is 0 Å². The van der Waals surface area contributed by atoms with E-state index in [1.807, 2.05) is 12.3 Å². The first kappa shape index (κ1) is 31.3. The molecule has 0 radical (unpaired) electrons. The normalized spacial score (nSPS) is 12.2. The zero-order valence-corrected chi connectivity index (χ0v) is 30.6. The molecule has 53 heavy (non-hydrogen) atoms. The Labute approximate surface area is 308 Å². The molecule has 5 heteroatoms. The van der Waals surface area contributed by atoms with Crippen LogP contribution in [0.5, 0.6) is 0 Å². The Hall–Kier alpha value is -6.46. The van der Waals surface area contributed by atoms with E-state index >= 15 is 0 Å². The lowest BCUT2D eigenvalue weighted by molar-refractivity contribution is 0.591. The highest BCUT2D eigenvalue weighted by atomic mass is 15.1. The van der Waals surface area contributed by atoms with Crippen LogP contribution in [0.1, 0.15) is 37.5 Å². The number of para-hydroxylation sites is 3. The van der Waals surface area contributed by atoms with Crippen molar-refractivity contribution in [1.82, 2.24) is 24.1 Å². The van der Waals surface area contributed by atoms with E-state index in [2.05, 4.69) is 176 Å². The van der Waals surface area contributed by atoms with Gasteiger partial charge in [0.15, 0.2) is 0 Å². The van der Waals surface area contributed by atoms with Crippen molar-refractivity contribution in [3.8, 4) is 34.0 Å². The van der Waals surface area contributed by atoms with Crippen molar-refractivity contribution in [3.05, 3.63) is 156 Å². The summed E-state index contributed by atoms with van der Waals surface area (Å²) in [6.07, 6.45) is 1.87. The summed E-state index contributed by atoms with van der Waals surface area (Å²) in [4.78, 5) is 14.1. The number of hydrogen-bond donors (Lipinski definition) is 1. The van der Waals surface area contributed by atoms with Crippen LogP contribution < -0.4 is 0 Å². The van der Waals surface area contributed by atoms with Gasteiger partial charge in [-0.3, -0.25) is 9.13 Å². The Morgan fingerprint density at radius 2 is 1.38 bits per heavy atom.